The Hall–Kier alpha value is -1.97. The summed E-state index contributed by atoms with van der Waals surface area (Å²) in [5, 5.41) is 10.1. The van der Waals surface area contributed by atoms with Gasteiger partial charge in [0, 0.05) is 0 Å². The van der Waals surface area contributed by atoms with Crippen molar-refractivity contribution >= 4 is 17.1 Å². The van der Waals surface area contributed by atoms with Crippen LogP contribution in [0.3, 0.4) is 0 Å². The number of hydrogen-bond acceptors (Lipinski definition) is 7. The lowest BCUT2D eigenvalue weighted by atomic mass is 10.1. The Morgan fingerprint density at radius 2 is 2.32 bits per heavy atom. The second-order valence-corrected chi connectivity index (χ2v) is 4.57. The minimum Gasteiger partial charge on any atom is -0.387 e. The summed E-state index contributed by atoms with van der Waals surface area (Å²) in [7, 11) is 0. The van der Waals surface area contributed by atoms with Crippen molar-refractivity contribution in [3.05, 3.63) is 16.7 Å². The zero-order valence-electron chi connectivity index (χ0n) is 10.1. The van der Waals surface area contributed by atoms with Crippen molar-refractivity contribution in [3.8, 4) is 0 Å². The third-order valence-electron chi connectivity index (χ3n) is 3.31. The van der Waals surface area contributed by atoms with Gasteiger partial charge in [0.15, 0.2) is 17.4 Å². The molecule has 0 spiro atoms. The van der Waals surface area contributed by atoms with Crippen LogP contribution in [0.4, 0.5) is 5.95 Å². The Morgan fingerprint density at radius 1 is 1.58 bits per heavy atom. The number of H-pyrrole nitrogens is 1. The van der Waals surface area contributed by atoms with Gasteiger partial charge in [0.1, 0.15) is 6.10 Å². The molecule has 1 saturated heterocycles. The van der Waals surface area contributed by atoms with E-state index in [0.717, 1.165) is 0 Å². The molecule has 6 N–H and O–H groups in total. The summed E-state index contributed by atoms with van der Waals surface area (Å²) in [6.45, 7) is 1.77. The lowest BCUT2D eigenvalue weighted by Gasteiger charge is -2.16. The molecule has 2 aromatic heterocycles. The van der Waals surface area contributed by atoms with Crippen LogP contribution in [0.15, 0.2) is 11.1 Å². The zero-order chi connectivity index (χ0) is 13.7. The fraction of sp³-hybridized carbons (Fsp3) is 0.500. The van der Waals surface area contributed by atoms with Crippen LogP contribution >= 0.6 is 0 Å². The lowest BCUT2D eigenvalue weighted by molar-refractivity contribution is -0.0297. The molecule has 0 radical (unpaired) electrons. The Balaban J connectivity index is 2.14. The van der Waals surface area contributed by atoms with Crippen LogP contribution in [0.2, 0.25) is 0 Å². The summed E-state index contributed by atoms with van der Waals surface area (Å²) in [6.07, 6.45) is -0.569. The van der Waals surface area contributed by atoms with E-state index in [1.165, 1.54) is 10.9 Å². The summed E-state index contributed by atoms with van der Waals surface area (Å²) in [6, 6.07) is -0.512. The number of nitrogen functional groups attached to an aromatic ring is 1. The van der Waals surface area contributed by atoms with E-state index in [9.17, 15) is 9.90 Å². The van der Waals surface area contributed by atoms with Crippen LogP contribution in [-0.4, -0.2) is 42.9 Å². The van der Waals surface area contributed by atoms with E-state index in [1.54, 1.807) is 6.92 Å². The number of ether oxygens (including phenoxy) is 1. The maximum absolute atomic E-state index is 11.7. The number of nitrogens with zero attached hydrogens (tertiary/aromatic N) is 3. The predicted octanol–water partition coefficient (Wildman–Crippen LogP) is -1.69. The Bertz CT molecular complexity index is 679. The van der Waals surface area contributed by atoms with Gasteiger partial charge in [-0.25, -0.2) is 4.98 Å². The van der Waals surface area contributed by atoms with Crippen molar-refractivity contribution in [2.75, 3.05) is 5.73 Å². The molecule has 0 amide bonds. The van der Waals surface area contributed by atoms with Crippen molar-refractivity contribution < 1.29 is 9.84 Å². The van der Waals surface area contributed by atoms with Crippen LogP contribution in [0.5, 0.6) is 0 Å². The Morgan fingerprint density at radius 3 is 2.95 bits per heavy atom. The largest absolute Gasteiger partial charge is 0.387 e. The first-order valence-electron chi connectivity index (χ1n) is 5.80. The SMILES string of the molecule is C[C@H]1OC(n2cnc3c(=O)[nH]c(N)nc32)[C@H](O)[C@@H]1N. The number of aromatic amines is 1. The molecule has 102 valence electrons. The average Bonchev–Trinajstić information content (AvgIpc) is 2.86. The minimum absolute atomic E-state index is 0.0240. The fourth-order valence-corrected chi connectivity index (χ4v) is 2.22. The van der Waals surface area contributed by atoms with Crippen molar-refractivity contribution in [2.45, 2.75) is 31.4 Å². The van der Waals surface area contributed by atoms with Crippen LogP contribution in [0.1, 0.15) is 13.2 Å². The van der Waals surface area contributed by atoms with Gasteiger partial charge < -0.3 is 21.3 Å². The highest BCUT2D eigenvalue weighted by Gasteiger charge is 2.40. The van der Waals surface area contributed by atoms with E-state index >= 15 is 0 Å². The number of hydrogen-bond donors (Lipinski definition) is 4. The fourth-order valence-electron chi connectivity index (χ4n) is 2.22. The van der Waals surface area contributed by atoms with E-state index in [4.69, 9.17) is 16.2 Å². The molecule has 1 fully saturated rings. The summed E-state index contributed by atoms with van der Waals surface area (Å²) >= 11 is 0. The first kappa shape index (κ1) is 12.1. The smallest absolute Gasteiger partial charge is 0.280 e. The van der Waals surface area contributed by atoms with Crippen LogP contribution in [0.25, 0.3) is 11.2 Å². The van der Waals surface area contributed by atoms with E-state index in [2.05, 4.69) is 15.0 Å². The number of aromatic nitrogens is 4. The topological polar surface area (TPSA) is 145 Å². The van der Waals surface area contributed by atoms with Gasteiger partial charge in [0.05, 0.1) is 18.5 Å². The number of aliphatic hydroxyl groups excluding tert-OH is 1. The second-order valence-electron chi connectivity index (χ2n) is 4.57. The standard InChI is InChI=1S/C10H14N6O3/c1-3-4(11)6(17)9(19-3)16-2-13-5-7(16)14-10(12)15-8(5)18/h2-4,6,9,17H,11H2,1H3,(H3,12,14,15,18)/t3-,4-,6-,9?/m1/s1. The van der Waals surface area contributed by atoms with Gasteiger partial charge in [-0.05, 0) is 6.92 Å². The molecular formula is C10H14N6O3. The summed E-state index contributed by atoms with van der Waals surface area (Å²) in [5.41, 5.74) is 11.3. The zero-order valence-corrected chi connectivity index (χ0v) is 10.1. The van der Waals surface area contributed by atoms with Gasteiger partial charge in [-0.2, -0.15) is 4.98 Å². The van der Waals surface area contributed by atoms with Gasteiger partial charge in [-0.15, -0.1) is 0 Å². The first-order valence-corrected chi connectivity index (χ1v) is 5.80. The monoisotopic (exact) mass is 266 g/mol. The molecule has 0 aliphatic carbocycles. The van der Waals surface area contributed by atoms with Crippen molar-refractivity contribution in [2.24, 2.45) is 5.73 Å². The molecule has 3 heterocycles. The number of fused-ring (bicyclic) bond motifs is 1. The van der Waals surface area contributed by atoms with E-state index < -0.39 is 23.9 Å². The molecular weight excluding hydrogens is 252 g/mol. The first-order chi connectivity index (χ1) is 8.99. The van der Waals surface area contributed by atoms with Gasteiger partial charge in [-0.1, -0.05) is 0 Å². The van der Waals surface area contributed by atoms with Gasteiger partial charge in [0.2, 0.25) is 5.95 Å². The maximum atomic E-state index is 11.7. The number of nitrogens with one attached hydrogen (secondary N) is 1. The molecule has 1 unspecified atom stereocenters. The molecule has 9 heteroatoms. The molecule has 1 aliphatic rings. The minimum atomic E-state index is -0.908. The van der Waals surface area contributed by atoms with E-state index in [1.807, 2.05) is 0 Å². The number of rotatable bonds is 1. The van der Waals surface area contributed by atoms with Crippen molar-refractivity contribution in [1.29, 1.82) is 0 Å². The summed E-state index contributed by atoms with van der Waals surface area (Å²) < 4.78 is 7.04. The number of nitrogens with two attached hydrogens (primary N) is 2. The van der Waals surface area contributed by atoms with Gasteiger partial charge >= 0.3 is 0 Å². The van der Waals surface area contributed by atoms with Crippen LogP contribution in [-0.2, 0) is 4.74 Å². The number of aliphatic hydroxyl groups is 1. The Labute approximate surface area is 107 Å². The van der Waals surface area contributed by atoms with Crippen molar-refractivity contribution in [3.63, 3.8) is 0 Å². The highest BCUT2D eigenvalue weighted by Crippen LogP contribution is 2.29. The highest BCUT2D eigenvalue weighted by molar-refractivity contribution is 5.70. The summed E-state index contributed by atoms with van der Waals surface area (Å²) in [5.74, 6) is -0.0240. The molecule has 2 aromatic rings. The van der Waals surface area contributed by atoms with Crippen molar-refractivity contribution in [1.82, 2.24) is 19.5 Å². The normalized spacial score (nSPS) is 31.1. The maximum Gasteiger partial charge on any atom is 0.280 e. The van der Waals surface area contributed by atoms with Crippen LogP contribution in [0, 0.1) is 0 Å². The molecule has 0 bridgehead atoms. The van der Waals surface area contributed by atoms with Gasteiger partial charge in [-0.3, -0.25) is 14.3 Å². The molecule has 3 rings (SSSR count). The second kappa shape index (κ2) is 4.02. The third-order valence-corrected chi connectivity index (χ3v) is 3.31. The van der Waals surface area contributed by atoms with Gasteiger partial charge in [0.25, 0.3) is 5.56 Å². The Kier molecular flexibility index (Phi) is 2.55. The number of imidazole rings is 1. The van der Waals surface area contributed by atoms with E-state index in [0.29, 0.717) is 0 Å². The molecule has 19 heavy (non-hydrogen) atoms. The molecule has 9 nitrogen and oxygen atoms in total. The van der Waals surface area contributed by atoms with E-state index in [-0.39, 0.29) is 23.2 Å². The summed E-state index contributed by atoms with van der Waals surface area (Å²) in [4.78, 5) is 22.0. The quantitative estimate of drug-likeness (QED) is 0.481. The number of anilines is 1. The predicted molar refractivity (Wildman–Crippen MR) is 66.1 cm³/mol. The third kappa shape index (κ3) is 1.70. The lowest BCUT2D eigenvalue weighted by Crippen LogP contribution is -2.38. The highest BCUT2D eigenvalue weighted by atomic mass is 16.5. The van der Waals surface area contributed by atoms with Crippen LogP contribution < -0.4 is 17.0 Å². The average molecular weight is 266 g/mol. The molecule has 1 aliphatic heterocycles. The molecule has 0 saturated carbocycles. The molecule has 4 atom stereocenters. The molecule has 0 aromatic carbocycles.